The van der Waals surface area contributed by atoms with E-state index in [1.807, 2.05) is 36.4 Å². The van der Waals surface area contributed by atoms with E-state index in [2.05, 4.69) is 24.3 Å². The molecule has 5 nitrogen and oxygen atoms in total. The highest BCUT2D eigenvalue weighted by Gasteiger charge is 2.63. The van der Waals surface area contributed by atoms with Gasteiger partial charge in [0.1, 0.15) is 0 Å². The van der Waals surface area contributed by atoms with E-state index in [-0.39, 0.29) is 24.9 Å². The summed E-state index contributed by atoms with van der Waals surface area (Å²) in [5, 5.41) is 9.52. The highest BCUT2D eigenvalue weighted by atomic mass is 16.8. The van der Waals surface area contributed by atoms with Crippen LogP contribution >= 0.6 is 0 Å². The Labute approximate surface area is 184 Å². The van der Waals surface area contributed by atoms with Gasteiger partial charge in [0.2, 0.25) is 11.6 Å². The van der Waals surface area contributed by atoms with Crippen LogP contribution in [0.5, 0.6) is 0 Å². The lowest BCUT2D eigenvalue weighted by Gasteiger charge is -2.58. The highest BCUT2D eigenvalue weighted by Crippen LogP contribution is 2.54. The molecule has 166 valence electrons. The van der Waals surface area contributed by atoms with Gasteiger partial charge < -0.3 is 24.1 Å². The fraction of sp³-hybridized carbons (Fsp3) is 0.538. The van der Waals surface area contributed by atoms with E-state index in [4.69, 9.17) is 18.9 Å². The Morgan fingerprint density at radius 1 is 0.742 bits per heavy atom. The number of aliphatic hydroxyl groups excluding tert-OH is 1. The number of hydrogen-bond acceptors (Lipinski definition) is 5. The molecule has 2 spiro atoms. The summed E-state index contributed by atoms with van der Waals surface area (Å²) in [5.41, 5.74) is 2.31. The van der Waals surface area contributed by atoms with Crippen molar-refractivity contribution in [2.24, 2.45) is 0 Å². The standard InChI is InChI=1S/C26H32O5/c27-18-15-22-19-28-25(16-7-13-23(30-25)20-9-3-1-4-10-20)26(29-22)17-8-14-24(31-26)21-11-5-2-6-12-21/h1-6,9-12,22-24,27H,7-8,13-19H2/t22-,23+,24+,25+,26-/m0/s1. The third-order valence-corrected chi connectivity index (χ3v) is 6.84. The SMILES string of the molecule is OCC[C@H]1CO[C@@]2(CCC[C@H](c3ccccc3)O2)[C@@]2(CCC[C@H](c3ccccc3)O2)O1. The van der Waals surface area contributed by atoms with Crippen molar-refractivity contribution in [2.45, 2.75) is 74.8 Å². The molecule has 0 bridgehead atoms. The Bertz CT molecular complexity index is 843. The lowest BCUT2D eigenvalue weighted by molar-refractivity contribution is -0.483. The minimum absolute atomic E-state index is 0.0504. The van der Waals surface area contributed by atoms with Gasteiger partial charge in [0.25, 0.3) is 0 Å². The molecule has 2 aromatic carbocycles. The largest absolute Gasteiger partial charge is 0.396 e. The Hall–Kier alpha value is -1.76. The number of rotatable bonds is 4. The maximum atomic E-state index is 9.52. The van der Waals surface area contributed by atoms with Crippen molar-refractivity contribution in [3.05, 3.63) is 71.8 Å². The van der Waals surface area contributed by atoms with Crippen LogP contribution in [0.3, 0.4) is 0 Å². The summed E-state index contributed by atoms with van der Waals surface area (Å²) >= 11 is 0. The zero-order valence-electron chi connectivity index (χ0n) is 17.9. The molecule has 0 aliphatic carbocycles. The van der Waals surface area contributed by atoms with E-state index < -0.39 is 11.6 Å². The van der Waals surface area contributed by atoms with Gasteiger partial charge in [-0.15, -0.1) is 0 Å². The van der Waals surface area contributed by atoms with Crippen molar-refractivity contribution < 1.29 is 24.1 Å². The summed E-state index contributed by atoms with van der Waals surface area (Å²) in [4.78, 5) is 0. The van der Waals surface area contributed by atoms with Crippen LogP contribution < -0.4 is 0 Å². The minimum Gasteiger partial charge on any atom is -0.396 e. The van der Waals surface area contributed by atoms with Crippen molar-refractivity contribution in [1.82, 2.24) is 0 Å². The molecule has 0 aromatic heterocycles. The van der Waals surface area contributed by atoms with Gasteiger partial charge in [-0.05, 0) is 43.2 Å². The summed E-state index contributed by atoms with van der Waals surface area (Å²) in [6.45, 7) is 0.468. The zero-order valence-corrected chi connectivity index (χ0v) is 17.9. The smallest absolute Gasteiger partial charge is 0.224 e. The second kappa shape index (κ2) is 9.00. The molecule has 1 N–H and O–H groups in total. The van der Waals surface area contributed by atoms with Gasteiger partial charge in [-0.3, -0.25) is 0 Å². The van der Waals surface area contributed by atoms with Crippen molar-refractivity contribution in [1.29, 1.82) is 0 Å². The lowest BCUT2D eigenvalue weighted by atomic mass is 9.85. The number of aliphatic hydroxyl groups is 1. The number of ether oxygens (including phenoxy) is 4. The maximum absolute atomic E-state index is 9.52. The van der Waals surface area contributed by atoms with Crippen LogP contribution in [-0.4, -0.2) is 36.0 Å². The lowest BCUT2D eigenvalue weighted by Crippen LogP contribution is -2.68. The first-order valence-corrected chi connectivity index (χ1v) is 11.6. The first-order chi connectivity index (χ1) is 15.2. The molecule has 0 saturated carbocycles. The number of fused-ring (bicyclic) bond motifs is 1. The predicted octanol–water partition coefficient (Wildman–Crippen LogP) is 5.06. The topological polar surface area (TPSA) is 57.2 Å². The van der Waals surface area contributed by atoms with Gasteiger partial charge in [-0.1, -0.05) is 60.7 Å². The molecule has 2 aromatic rings. The van der Waals surface area contributed by atoms with Gasteiger partial charge in [0, 0.05) is 19.4 Å². The van der Waals surface area contributed by atoms with Gasteiger partial charge in [0.05, 0.1) is 24.9 Å². The summed E-state index contributed by atoms with van der Waals surface area (Å²) < 4.78 is 26.7. The van der Waals surface area contributed by atoms with Gasteiger partial charge in [-0.25, -0.2) is 0 Å². The average Bonchev–Trinajstić information content (AvgIpc) is 2.83. The van der Waals surface area contributed by atoms with E-state index in [0.29, 0.717) is 13.0 Å². The summed E-state index contributed by atoms with van der Waals surface area (Å²) in [6, 6.07) is 20.7. The van der Waals surface area contributed by atoms with Crippen molar-refractivity contribution >= 4 is 0 Å². The van der Waals surface area contributed by atoms with E-state index in [1.54, 1.807) is 0 Å². The first kappa shape index (κ1) is 21.1. The van der Waals surface area contributed by atoms with Crippen LogP contribution in [0.1, 0.15) is 68.3 Å². The highest BCUT2D eigenvalue weighted by molar-refractivity contribution is 5.20. The van der Waals surface area contributed by atoms with Crippen molar-refractivity contribution in [3.8, 4) is 0 Å². The minimum atomic E-state index is -0.975. The second-order valence-electron chi connectivity index (χ2n) is 8.89. The molecule has 0 radical (unpaired) electrons. The molecule has 31 heavy (non-hydrogen) atoms. The molecule has 5 heteroatoms. The molecule has 3 aliphatic heterocycles. The van der Waals surface area contributed by atoms with E-state index in [1.165, 1.54) is 0 Å². The summed E-state index contributed by atoms with van der Waals surface area (Å²) in [6.07, 6.45) is 5.51. The quantitative estimate of drug-likeness (QED) is 0.743. The summed E-state index contributed by atoms with van der Waals surface area (Å²) in [5.74, 6) is -1.91. The fourth-order valence-corrected chi connectivity index (χ4v) is 5.31. The Morgan fingerprint density at radius 2 is 1.29 bits per heavy atom. The van der Waals surface area contributed by atoms with Gasteiger partial charge >= 0.3 is 0 Å². The Balaban J connectivity index is 1.47. The first-order valence-electron chi connectivity index (χ1n) is 11.6. The number of benzene rings is 2. The molecular formula is C26H32O5. The second-order valence-corrected chi connectivity index (χ2v) is 8.89. The molecule has 5 rings (SSSR count). The summed E-state index contributed by atoms with van der Waals surface area (Å²) in [7, 11) is 0. The van der Waals surface area contributed by atoms with Crippen molar-refractivity contribution in [2.75, 3.05) is 13.2 Å². The molecular weight excluding hydrogens is 392 g/mol. The Morgan fingerprint density at radius 3 is 1.87 bits per heavy atom. The van der Waals surface area contributed by atoms with E-state index in [0.717, 1.165) is 49.7 Å². The van der Waals surface area contributed by atoms with E-state index >= 15 is 0 Å². The zero-order chi connectivity index (χ0) is 21.2. The van der Waals surface area contributed by atoms with E-state index in [9.17, 15) is 5.11 Å². The van der Waals surface area contributed by atoms with Gasteiger partial charge in [-0.2, -0.15) is 0 Å². The molecule has 3 heterocycles. The third kappa shape index (κ3) is 4.06. The van der Waals surface area contributed by atoms with Crippen LogP contribution in [0, 0.1) is 0 Å². The van der Waals surface area contributed by atoms with Crippen molar-refractivity contribution in [3.63, 3.8) is 0 Å². The molecule has 5 atom stereocenters. The molecule has 0 unspecified atom stereocenters. The predicted molar refractivity (Wildman–Crippen MR) is 116 cm³/mol. The van der Waals surface area contributed by atoms with Crippen LogP contribution in [0.4, 0.5) is 0 Å². The van der Waals surface area contributed by atoms with Crippen LogP contribution in [-0.2, 0) is 18.9 Å². The van der Waals surface area contributed by atoms with Crippen LogP contribution in [0.2, 0.25) is 0 Å². The monoisotopic (exact) mass is 424 g/mol. The van der Waals surface area contributed by atoms with Gasteiger partial charge in [0.15, 0.2) is 0 Å². The fourth-order valence-electron chi connectivity index (χ4n) is 5.31. The molecule has 0 amide bonds. The maximum Gasteiger partial charge on any atom is 0.224 e. The molecule has 3 saturated heterocycles. The molecule has 3 aliphatic rings. The number of hydrogen-bond donors (Lipinski definition) is 1. The molecule has 3 fully saturated rings. The Kier molecular flexibility index (Phi) is 6.13. The van der Waals surface area contributed by atoms with Crippen LogP contribution in [0.25, 0.3) is 0 Å². The normalized spacial score (nSPS) is 36.0. The van der Waals surface area contributed by atoms with Crippen LogP contribution in [0.15, 0.2) is 60.7 Å². The average molecular weight is 425 g/mol. The third-order valence-electron chi connectivity index (χ3n) is 6.84.